The van der Waals surface area contributed by atoms with Gasteiger partial charge in [0, 0.05) is 0 Å². The summed E-state index contributed by atoms with van der Waals surface area (Å²) in [5.74, 6) is 2.07. The zero-order valence-electron chi connectivity index (χ0n) is 7.01. The van der Waals surface area contributed by atoms with Gasteiger partial charge in [-0.25, -0.2) is 0 Å². The molecule has 0 aliphatic carbocycles. The Morgan fingerprint density at radius 3 is 2.82 bits per heavy atom. The summed E-state index contributed by atoms with van der Waals surface area (Å²) in [5.41, 5.74) is 5.61. The van der Waals surface area contributed by atoms with Crippen LogP contribution in [-0.2, 0) is 3.07 Å². The second kappa shape index (κ2) is 9.16. The van der Waals surface area contributed by atoms with Gasteiger partial charge >= 0.3 is 87.4 Å². The average Bonchev–Trinajstić information content (AvgIpc) is 1.96. The maximum atomic E-state index is 5.61. The van der Waals surface area contributed by atoms with Crippen molar-refractivity contribution in [2.45, 2.75) is 32.2 Å². The van der Waals surface area contributed by atoms with E-state index in [2.05, 4.69) is 6.92 Å². The van der Waals surface area contributed by atoms with Crippen LogP contribution in [0.5, 0.6) is 0 Å². The first-order valence-electron chi connectivity index (χ1n) is 3.89. The van der Waals surface area contributed by atoms with E-state index >= 15 is 0 Å². The molecule has 0 saturated carbocycles. The molecule has 1 unspecified atom stereocenters. The molecule has 0 saturated heterocycles. The zero-order chi connectivity index (χ0) is 8.53. The Bertz CT molecular complexity index is 82.8. The molecule has 0 fully saturated rings. The van der Waals surface area contributed by atoms with Gasteiger partial charge < -0.3 is 0 Å². The topological polar surface area (TPSA) is 35.2 Å². The molecule has 1 atom stereocenters. The predicted octanol–water partition coefficient (Wildman–Crippen LogP) is 1.29. The van der Waals surface area contributed by atoms with Crippen molar-refractivity contribution in [2.75, 3.05) is 11.7 Å². The molecular weight excluding hydrogens is 265 g/mol. The maximum absolute atomic E-state index is 5.61. The summed E-state index contributed by atoms with van der Waals surface area (Å²) in [6.45, 7) is 2.06. The summed E-state index contributed by atoms with van der Waals surface area (Å²) >= 11 is 3.03. The van der Waals surface area contributed by atoms with Gasteiger partial charge in [-0.1, -0.05) is 0 Å². The van der Waals surface area contributed by atoms with E-state index in [1.165, 1.54) is 41.5 Å². The quantitative estimate of drug-likeness (QED) is 0.434. The van der Waals surface area contributed by atoms with Crippen LogP contribution in [0.15, 0.2) is 0 Å². The molecule has 11 heavy (non-hydrogen) atoms. The van der Waals surface area contributed by atoms with Crippen molar-refractivity contribution in [1.29, 1.82) is 0 Å². The third kappa shape index (κ3) is 11.1. The predicted molar refractivity (Wildman–Crippen MR) is 51.7 cm³/mol. The van der Waals surface area contributed by atoms with Gasteiger partial charge in [-0.15, -0.1) is 0 Å². The Labute approximate surface area is 87.3 Å². The van der Waals surface area contributed by atoms with Crippen molar-refractivity contribution >= 4 is 34.7 Å². The molecule has 0 spiro atoms. The monoisotopic (exact) mass is 282 g/mol. The fraction of sp³-hybridized carbons (Fsp3) is 1.00. The molecule has 0 heterocycles. The summed E-state index contributed by atoms with van der Waals surface area (Å²) in [6, 6.07) is 0.368. The molecule has 0 amide bonds. The minimum atomic E-state index is 0.368. The third-order valence-corrected chi connectivity index (χ3v) is 3.21. The molecule has 65 valence electrons. The summed E-state index contributed by atoms with van der Waals surface area (Å²) < 4.78 is 5.00. The van der Waals surface area contributed by atoms with Crippen molar-refractivity contribution in [3.63, 3.8) is 0 Å². The molecule has 0 aromatic carbocycles. The molecule has 0 aromatic heterocycles. The number of nitrogens with two attached hydrogens (primary N) is 1. The Balaban J connectivity index is 2.80. The van der Waals surface area contributed by atoms with E-state index in [0.717, 1.165) is 12.4 Å². The van der Waals surface area contributed by atoms with Crippen molar-refractivity contribution in [2.24, 2.45) is 5.73 Å². The Hall–Kier alpha value is 1.07. The van der Waals surface area contributed by atoms with Crippen LogP contribution in [0.25, 0.3) is 0 Å². The molecule has 0 aliphatic rings. The first-order valence-corrected chi connectivity index (χ1v) is 6.21. The SMILES string of the molecule is CC(N)CCCCSC[O][Sn]. The van der Waals surface area contributed by atoms with Crippen molar-refractivity contribution < 1.29 is 3.07 Å². The van der Waals surface area contributed by atoms with E-state index in [1.807, 2.05) is 11.8 Å². The Morgan fingerprint density at radius 1 is 1.55 bits per heavy atom. The molecular formula is C7H16NOSSn. The summed E-state index contributed by atoms with van der Waals surface area (Å²) in [6.07, 6.45) is 3.67. The molecule has 4 heteroatoms. The Morgan fingerprint density at radius 2 is 2.27 bits per heavy atom. The number of rotatable bonds is 7. The van der Waals surface area contributed by atoms with Crippen molar-refractivity contribution in [3.05, 3.63) is 0 Å². The number of thioether (sulfide) groups is 1. The van der Waals surface area contributed by atoms with Crippen LogP contribution >= 0.6 is 11.8 Å². The van der Waals surface area contributed by atoms with E-state index in [4.69, 9.17) is 8.81 Å². The molecule has 2 N–H and O–H groups in total. The van der Waals surface area contributed by atoms with Gasteiger partial charge in [0.1, 0.15) is 0 Å². The van der Waals surface area contributed by atoms with Gasteiger partial charge in [-0.3, -0.25) is 0 Å². The van der Waals surface area contributed by atoms with Gasteiger partial charge in [0.15, 0.2) is 0 Å². The van der Waals surface area contributed by atoms with Gasteiger partial charge in [-0.2, -0.15) is 0 Å². The van der Waals surface area contributed by atoms with E-state index in [9.17, 15) is 0 Å². The first-order chi connectivity index (χ1) is 5.27. The first kappa shape index (κ1) is 12.1. The van der Waals surface area contributed by atoms with Crippen LogP contribution < -0.4 is 5.73 Å². The Kier molecular flexibility index (Phi) is 10.0. The molecule has 3 radical (unpaired) electrons. The third-order valence-electron chi connectivity index (χ3n) is 1.34. The van der Waals surface area contributed by atoms with Crippen LogP contribution in [0.1, 0.15) is 26.2 Å². The molecule has 0 aliphatic heterocycles. The second-order valence-corrected chi connectivity index (χ2v) is 4.52. The molecule has 0 bridgehead atoms. The second-order valence-electron chi connectivity index (χ2n) is 2.64. The van der Waals surface area contributed by atoms with E-state index in [0.29, 0.717) is 6.04 Å². The van der Waals surface area contributed by atoms with E-state index < -0.39 is 0 Å². The van der Waals surface area contributed by atoms with Gasteiger partial charge in [0.2, 0.25) is 0 Å². The molecule has 2 nitrogen and oxygen atoms in total. The normalized spacial score (nSPS) is 13.4. The van der Waals surface area contributed by atoms with Crippen LogP contribution in [0.4, 0.5) is 0 Å². The number of hydrogen-bond donors (Lipinski definition) is 1. The van der Waals surface area contributed by atoms with Crippen LogP contribution in [0, 0.1) is 0 Å². The minimum absolute atomic E-state index is 0.368. The summed E-state index contributed by atoms with van der Waals surface area (Å²) in [4.78, 5) is 0. The van der Waals surface area contributed by atoms with E-state index in [-0.39, 0.29) is 0 Å². The summed E-state index contributed by atoms with van der Waals surface area (Å²) in [7, 11) is 0. The van der Waals surface area contributed by atoms with Gasteiger partial charge in [0.25, 0.3) is 0 Å². The van der Waals surface area contributed by atoms with Crippen molar-refractivity contribution in [1.82, 2.24) is 0 Å². The molecule has 0 aromatic rings. The van der Waals surface area contributed by atoms with Crippen LogP contribution in [-0.4, -0.2) is 40.7 Å². The van der Waals surface area contributed by atoms with Gasteiger partial charge in [0.05, 0.1) is 0 Å². The molecule has 0 rings (SSSR count). The van der Waals surface area contributed by atoms with Crippen LogP contribution in [0.3, 0.4) is 0 Å². The average molecular weight is 281 g/mol. The van der Waals surface area contributed by atoms with Crippen molar-refractivity contribution in [3.8, 4) is 0 Å². The van der Waals surface area contributed by atoms with Gasteiger partial charge in [-0.05, 0) is 0 Å². The number of hydrogen-bond acceptors (Lipinski definition) is 3. The van der Waals surface area contributed by atoms with E-state index in [1.54, 1.807) is 0 Å². The fourth-order valence-corrected chi connectivity index (χ4v) is 2.09. The fourth-order valence-electron chi connectivity index (χ4n) is 0.771. The van der Waals surface area contributed by atoms with Crippen LogP contribution in [0.2, 0.25) is 0 Å². The number of unbranched alkanes of at least 4 members (excludes halogenated alkanes) is 1. The zero-order valence-corrected chi connectivity index (χ0v) is 10.7. The standard InChI is InChI=1S/C7H16NOS.Sn/c1-7(8)4-2-3-5-10-6-9;/h7H,2-6,8H2,1H3;/q-1;+1. The summed E-state index contributed by atoms with van der Waals surface area (Å²) in [5, 5.41) is 0.